The Hall–Kier alpha value is -1.59. The van der Waals surface area contributed by atoms with Gasteiger partial charge in [0.2, 0.25) is 0 Å². The van der Waals surface area contributed by atoms with Gasteiger partial charge in [0.05, 0.1) is 16.9 Å². The van der Waals surface area contributed by atoms with Crippen LogP contribution in [0.15, 0.2) is 36.7 Å². The molecule has 2 aromatic rings. The maximum Gasteiger partial charge on any atom is 0.498 e. The van der Waals surface area contributed by atoms with Gasteiger partial charge in [0, 0.05) is 17.9 Å². The van der Waals surface area contributed by atoms with Crippen LogP contribution in [0.3, 0.4) is 0 Å². The fourth-order valence-electron chi connectivity index (χ4n) is 2.39. The molecule has 0 N–H and O–H groups in total. The third-order valence-corrected chi connectivity index (χ3v) is 4.49. The molecule has 0 saturated carbocycles. The second-order valence-corrected chi connectivity index (χ2v) is 6.59. The van der Waals surface area contributed by atoms with Crippen molar-refractivity contribution in [2.45, 2.75) is 45.8 Å². The van der Waals surface area contributed by atoms with Crippen LogP contribution in [-0.4, -0.2) is 28.1 Å². The number of benzene rings is 1. The first kappa shape index (κ1) is 14.4. The van der Waals surface area contributed by atoms with E-state index in [9.17, 15) is 0 Å². The van der Waals surface area contributed by atoms with Gasteiger partial charge in [0.15, 0.2) is 0 Å². The van der Waals surface area contributed by atoms with Crippen molar-refractivity contribution in [3.8, 4) is 5.69 Å². The number of para-hydroxylation sites is 1. The Morgan fingerprint density at radius 2 is 1.67 bits per heavy atom. The molecule has 0 radical (unpaired) electrons. The summed E-state index contributed by atoms with van der Waals surface area (Å²) in [7, 11) is -0.368. The van der Waals surface area contributed by atoms with Crippen LogP contribution in [-0.2, 0) is 9.31 Å². The first-order valence-electron chi connectivity index (χ1n) is 7.26. The molecule has 1 fully saturated rings. The first-order chi connectivity index (χ1) is 9.80. The van der Waals surface area contributed by atoms with Gasteiger partial charge in [-0.2, -0.15) is 5.10 Å². The quantitative estimate of drug-likeness (QED) is 0.795. The Labute approximate surface area is 126 Å². The van der Waals surface area contributed by atoms with Gasteiger partial charge < -0.3 is 9.31 Å². The maximum absolute atomic E-state index is 6.05. The molecule has 0 spiro atoms. The zero-order chi connectivity index (χ0) is 15.3. The largest absolute Gasteiger partial charge is 0.498 e. The Kier molecular flexibility index (Phi) is 3.22. The highest BCUT2D eigenvalue weighted by Gasteiger charge is 2.52. The van der Waals surface area contributed by atoms with Gasteiger partial charge in [-0.15, -0.1) is 0 Å². The van der Waals surface area contributed by atoms with E-state index in [1.807, 2.05) is 29.2 Å². The van der Waals surface area contributed by atoms with E-state index in [1.165, 1.54) is 5.56 Å². The number of rotatable bonds is 2. The third kappa shape index (κ3) is 2.41. The van der Waals surface area contributed by atoms with Crippen molar-refractivity contribution < 1.29 is 9.31 Å². The molecule has 3 rings (SSSR count). The summed E-state index contributed by atoms with van der Waals surface area (Å²) in [5.74, 6) is 0. The van der Waals surface area contributed by atoms with E-state index in [-0.39, 0.29) is 18.3 Å². The molecule has 0 atom stereocenters. The molecular formula is C16H21BN2O2. The lowest BCUT2D eigenvalue weighted by Gasteiger charge is -2.32. The minimum Gasteiger partial charge on any atom is -0.399 e. The highest BCUT2D eigenvalue weighted by molar-refractivity contribution is 6.62. The third-order valence-electron chi connectivity index (χ3n) is 4.49. The van der Waals surface area contributed by atoms with Crippen LogP contribution in [0.4, 0.5) is 0 Å². The molecule has 0 unspecified atom stereocenters. The summed E-state index contributed by atoms with van der Waals surface area (Å²) in [5, 5.41) is 4.44. The lowest BCUT2D eigenvalue weighted by atomic mass is 9.82. The second-order valence-electron chi connectivity index (χ2n) is 6.59. The molecule has 0 bridgehead atoms. The van der Waals surface area contributed by atoms with Crippen LogP contribution >= 0.6 is 0 Å². The summed E-state index contributed by atoms with van der Waals surface area (Å²) >= 11 is 0. The van der Waals surface area contributed by atoms with E-state index >= 15 is 0 Å². The van der Waals surface area contributed by atoms with Crippen LogP contribution in [0.2, 0.25) is 0 Å². The topological polar surface area (TPSA) is 36.3 Å². The van der Waals surface area contributed by atoms with Gasteiger partial charge in [-0.1, -0.05) is 18.2 Å². The van der Waals surface area contributed by atoms with Crippen LogP contribution in [0.1, 0.15) is 33.3 Å². The Morgan fingerprint density at radius 1 is 1.05 bits per heavy atom. The molecule has 1 aromatic heterocycles. The molecular weight excluding hydrogens is 263 g/mol. The summed E-state index contributed by atoms with van der Waals surface area (Å²) < 4.78 is 14.0. The fraction of sp³-hybridized carbons (Fsp3) is 0.438. The van der Waals surface area contributed by atoms with Gasteiger partial charge >= 0.3 is 7.12 Å². The van der Waals surface area contributed by atoms with E-state index < -0.39 is 0 Å². The SMILES string of the molecule is Cc1ccccc1-n1cc(B2OC(C)(C)C(C)(C)O2)cn1. The highest BCUT2D eigenvalue weighted by atomic mass is 16.7. The van der Waals surface area contributed by atoms with Crippen molar-refractivity contribution in [3.05, 3.63) is 42.2 Å². The van der Waals surface area contributed by atoms with Crippen molar-refractivity contribution in [2.75, 3.05) is 0 Å². The van der Waals surface area contributed by atoms with E-state index in [1.54, 1.807) is 0 Å². The fourth-order valence-corrected chi connectivity index (χ4v) is 2.39. The summed E-state index contributed by atoms with van der Waals surface area (Å²) in [5.41, 5.74) is 2.53. The van der Waals surface area contributed by atoms with Crippen molar-refractivity contribution in [1.82, 2.24) is 9.78 Å². The van der Waals surface area contributed by atoms with Gasteiger partial charge in [0.25, 0.3) is 0 Å². The molecule has 2 heterocycles. The normalized spacial score (nSPS) is 20.0. The predicted octanol–water partition coefficient (Wildman–Crippen LogP) is 2.48. The lowest BCUT2D eigenvalue weighted by molar-refractivity contribution is 0.00578. The van der Waals surface area contributed by atoms with Crippen molar-refractivity contribution in [3.63, 3.8) is 0 Å². The second kappa shape index (κ2) is 4.72. The monoisotopic (exact) mass is 284 g/mol. The average Bonchev–Trinajstić information content (AvgIpc) is 2.94. The molecule has 1 aliphatic rings. The smallest absolute Gasteiger partial charge is 0.399 e. The molecule has 110 valence electrons. The number of aryl methyl sites for hydroxylation is 1. The van der Waals surface area contributed by atoms with Gasteiger partial charge in [0.1, 0.15) is 0 Å². The lowest BCUT2D eigenvalue weighted by Crippen LogP contribution is -2.41. The summed E-state index contributed by atoms with van der Waals surface area (Å²) in [4.78, 5) is 0. The highest BCUT2D eigenvalue weighted by Crippen LogP contribution is 2.36. The Balaban J connectivity index is 1.89. The zero-order valence-electron chi connectivity index (χ0n) is 13.3. The molecule has 0 amide bonds. The van der Waals surface area contributed by atoms with Crippen molar-refractivity contribution in [2.24, 2.45) is 0 Å². The molecule has 4 nitrogen and oxygen atoms in total. The van der Waals surface area contributed by atoms with Crippen molar-refractivity contribution >= 4 is 12.6 Å². The molecule has 0 aliphatic carbocycles. The summed E-state index contributed by atoms with van der Waals surface area (Å²) in [6.45, 7) is 10.3. The minimum atomic E-state index is -0.368. The molecule has 1 saturated heterocycles. The van der Waals surface area contributed by atoms with Crippen LogP contribution in [0, 0.1) is 6.92 Å². The average molecular weight is 284 g/mol. The zero-order valence-corrected chi connectivity index (χ0v) is 13.3. The number of nitrogens with zero attached hydrogens (tertiary/aromatic N) is 2. The van der Waals surface area contributed by atoms with Crippen LogP contribution in [0.25, 0.3) is 5.69 Å². The van der Waals surface area contributed by atoms with Gasteiger partial charge in [-0.25, -0.2) is 4.68 Å². The predicted molar refractivity (Wildman–Crippen MR) is 84.0 cm³/mol. The van der Waals surface area contributed by atoms with Crippen LogP contribution < -0.4 is 5.46 Å². The first-order valence-corrected chi connectivity index (χ1v) is 7.26. The summed E-state index contributed by atoms with van der Waals surface area (Å²) in [6, 6.07) is 8.16. The van der Waals surface area contributed by atoms with Gasteiger partial charge in [-0.3, -0.25) is 0 Å². The number of aromatic nitrogens is 2. The van der Waals surface area contributed by atoms with E-state index in [4.69, 9.17) is 9.31 Å². The molecule has 1 aliphatic heterocycles. The Bertz CT molecular complexity index is 648. The van der Waals surface area contributed by atoms with Gasteiger partial charge in [-0.05, 0) is 46.2 Å². The minimum absolute atomic E-state index is 0.331. The number of hydrogen-bond donors (Lipinski definition) is 0. The van der Waals surface area contributed by atoms with E-state index in [0.29, 0.717) is 0 Å². The molecule has 1 aromatic carbocycles. The molecule has 5 heteroatoms. The Morgan fingerprint density at radius 3 is 2.29 bits per heavy atom. The van der Waals surface area contributed by atoms with E-state index in [2.05, 4.69) is 51.9 Å². The number of hydrogen-bond acceptors (Lipinski definition) is 3. The maximum atomic E-state index is 6.05. The standard InChI is InChI=1S/C16H21BN2O2/c1-12-8-6-7-9-14(12)19-11-13(10-18-19)17-20-15(2,3)16(4,5)21-17/h6-11H,1-5H3. The van der Waals surface area contributed by atoms with Crippen LogP contribution in [0.5, 0.6) is 0 Å². The van der Waals surface area contributed by atoms with E-state index in [0.717, 1.165) is 11.2 Å². The molecule has 21 heavy (non-hydrogen) atoms. The summed E-state index contributed by atoms with van der Waals surface area (Å²) in [6.07, 6.45) is 3.79. The van der Waals surface area contributed by atoms with Crippen molar-refractivity contribution in [1.29, 1.82) is 0 Å².